The molecule has 1 aromatic carbocycles. The van der Waals surface area contributed by atoms with E-state index in [4.69, 9.17) is 5.11 Å². The standard InChI is InChI=1S/C24H28N4O4S/c1-27(24(31)16-6-3-2-4-7-16)17-9-10-19-20(14-17)26-22(21(19)23(30)25-11-12-29)28(32)15-18-8-5-13-33-18/h5,8-10,13-14,16,29H,2-4,6-7,11-12,15H2,1H3,(H-,25,26,30,32)/p+1. The highest BCUT2D eigenvalue weighted by atomic mass is 32.1. The number of carbonyl (C=O) groups excluding carboxylic acids is 2. The SMILES string of the molecule is CN(C(=O)C1CCCCC1)c1ccc2c(C(=O)NCCO)c([N+](=O)Cc3cccs3)[nH]c2c1. The van der Waals surface area contributed by atoms with Crippen LogP contribution in [0.4, 0.5) is 11.5 Å². The fraction of sp³-hybridized carbons (Fsp3) is 0.417. The van der Waals surface area contributed by atoms with Gasteiger partial charge in [-0.05, 0) is 41.2 Å². The van der Waals surface area contributed by atoms with Crippen molar-refractivity contribution in [3.8, 4) is 0 Å². The monoisotopic (exact) mass is 469 g/mol. The van der Waals surface area contributed by atoms with Crippen LogP contribution >= 0.6 is 11.3 Å². The van der Waals surface area contributed by atoms with E-state index in [9.17, 15) is 14.5 Å². The summed E-state index contributed by atoms with van der Waals surface area (Å²) in [5.41, 5.74) is 1.55. The van der Waals surface area contributed by atoms with Gasteiger partial charge in [-0.15, -0.1) is 11.3 Å². The van der Waals surface area contributed by atoms with Gasteiger partial charge in [-0.3, -0.25) is 9.59 Å². The fourth-order valence-corrected chi connectivity index (χ4v) is 5.11. The van der Waals surface area contributed by atoms with Crippen LogP contribution in [0, 0.1) is 10.8 Å². The van der Waals surface area contributed by atoms with Gasteiger partial charge in [0, 0.05) is 36.7 Å². The molecule has 0 spiro atoms. The first-order chi connectivity index (χ1) is 16.0. The van der Waals surface area contributed by atoms with Crippen molar-refractivity contribution in [3.63, 3.8) is 0 Å². The second kappa shape index (κ2) is 10.3. The van der Waals surface area contributed by atoms with Gasteiger partial charge in [-0.2, -0.15) is 0 Å². The van der Waals surface area contributed by atoms with Crippen LogP contribution in [-0.4, -0.2) is 46.9 Å². The van der Waals surface area contributed by atoms with Crippen molar-refractivity contribution < 1.29 is 19.5 Å². The fourth-order valence-electron chi connectivity index (χ4n) is 4.43. The topological polar surface area (TPSA) is 106 Å². The summed E-state index contributed by atoms with van der Waals surface area (Å²) in [6.07, 6.45) is 5.18. The van der Waals surface area contributed by atoms with Crippen molar-refractivity contribution in [2.45, 2.75) is 38.6 Å². The van der Waals surface area contributed by atoms with Crippen molar-refractivity contribution in [2.75, 3.05) is 25.1 Å². The Kier molecular flexibility index (Phi) is 7.20. The predicted octanol–water partition coefficient (Wildman–Crippen LogP) is 4.11. The minimum Gasteiger partial charge on any atom is -0.395 e. The number of H-pyrrole nitrogens is 1. The summed E-state index contributed by atoms with van der Waals surface area (Å²) in [5, 5.41) is 14.2. The molecule has 2 amide bonds. The third-order valence-electron chi connectivity index (χ3n) is 6.19. The van der Waals surface area contributed by atoms with Crippen LogP contribution in [0.1, 0.15) is 47.3 Å². The van der Waals surface area contributed by atoms with Gasteiger partial charge in [0.05, 0.1) is 11.5 Å². The molecule has 9 heteroatoms. The van der Waals surface area contributed by atoms with Crippen molar-refractivity contribution in [2.24, 2.45) is 5.92 Å². The highest BCUT2D eigenvalue weighted by Gasteiger charge is 2.30. The van der Waals surface area contributed by atoms with Gasteiger partial charge in [0.1, 0.15) is 11.1 Å². The summed E-state index contributed by atoms with van der Waals surface area (Å²) in [4.78, 5) is 44.5. The molecule has 3 aromatic rings. The third-order valence-corrected chi connectivity index (χ3v) is 7.05. The van der Waals surface area contributed by atoms with Crippen molar-refractivity contribution in [1.82, 2.24) is 10.3 Å². The van der Waals surface area contributed by atoms with Crippen LogP contribution in [0.3, 0.4) is 0 Å². The summed E-state index contributed by atoms with van der Waals surface area (Å²) in [6.45, 7) is 0.00106. The molecule has 0 atom stereocenters. The van der Waals surface area contributed by atoms with Crippen molar-refractivity contribution in [1.29, 1.82) is 0 Å². The number of benzene rings is 1. The summed E-state index contributed by atoms with van der Waals surface area (Å²) in [5.74, 6) is -0.129. The highest BCUT2D eigenvalue weighted by molar-refractivity contribution is 7.09. The first-order valence-corrected chi connectivity index (χ1v) is 12.2. The van der Waals surface area contributed by atoms with Crippen molar-refractivity contribution in [3.05, 3.63) is 51.1 Å². The number of rotatable bonds is 8. The van der Waals surface area contributed by atoms with Crippen molar-refractivity contribution >= 4 is 45.6 Å². The van der Waals surface area contributed by atoms with Crippen LogP contribution in [0.15, 0.2) is 35.7 Å². The van der Waals surface area contributed by atoms with Gasteiger partial charge in [0.15, 0.2) is 6.54 Å². The molecule has 0 radical (unpaired) electrons. The Labute approximate surface area is 196 Å². The van der Waals surface area contributed by atoms with Gasteiger partial charge < -0.3 is 15.3 Å². The Morgan fingerprint density at radius 2 is 2.03 bits per heavy atom. The number of hydrogen-bond donors (Lipinski definition) is 3. The number of nitroso groups, excluding NO2 is 1. The summed E-state index contributed by atoms with van der Waals surface area (Å²) in [6, 6.07) is 9.12. The largest absolute Gasteiger partial charge is 0.395 e. The lowest BCUT2D eigenvalue weighted by molar-refractivity contribution is -0.483. The molecule has 0 unspecified atom stereocenters. The number of anilines is 1. The minimum absolute atomic E-state index is 0.0430. The molecule has 2 aromatic heterocycles. The summed E-state index contributed by atoms with van der Waals surface area (Å²) >= 11 is 1.47. The molecule has 33 heavy (non-hydrogen) atoms. The number of fused-ring (bicyclic) bond motifs is 1. The van der Waals surface area contributed by atoms with Gasteiger partial charge in [-0.1, -0.05) is 30.2 Å². The maximum Gasteiger partial charge on any atom is 0.332 e. The van der Waals surface area contributed by atoms with E-state index < -0.39 is 5.91 Å². The molecule has 4 rings (SSSR count). The predicted molar refractivity (Wildman–Crippen MR) is 129 cm³/mol. The number of thiophene rings is 1. The van der Waals surface area contributed by atoms with E-state index in [0.717, 1.165) is 35.3 Å². The zero-order valence-electron chi connectivity index (χ0n) is 18.7. The zero-order chi connectivity index (χ0) is 23.4. The number of carbonyl (C=O) groups is 2. The zero-order valence-corrected chi connectivity index (χ0v) is 19.5. The number of amides is 2. The molecule has 2 heterocycles. The second-order valence-electron chi connectivity index (χ2n) is 8.41. The molecular formula is C24H29N4O4S+. The lowest BCUT2D eigenvalue weighted by Gasteiger charge is -2.26. The lowest BCUT2D eigenvalue weighted by atomic mass is 9.88. The average molecular weight is 470 g/mol. The van der Waals surface area contributed by atoms with Gasteiger partial charge >= 0.3 is 5.82 Å². The van der Waals surface area contributed by atoms with E-state index in [0.29, 0.717) is 16.6 Å². The molecule has 0 aliphatic heterocycles. The number of hydrogen-bond acceptors (Lipinski definition) is 5. The second-order valence-corrected chi connectivity index (χ2v) is 9.44. The molecule has 1 saturated carbocycles. The molecule has 0 bridgehead atoms. The van der Waals surface area contributed by atoms with Crippen LogP contribution in [0.25, 0.3) is 10.9 Å². The van der Waals surface area contributed by atoms with E-state index >= 15 is 0 Å². The maximum atomic E-state index is 13.0. The Bertz CT molecular complexity index is 1150. The Balaban J connectivity index is 1.68. The number of aliphatic hydroxyl groups excluding tert-OH is 1. The number of aliphatic hydroxyl groups is 1. The van der Waals surface area contributed by atoms with E-state index in [2.05, 4.69) is 10.3 Å². The van der Waals surface area contributed by atoms with Gasteiger partial charge in [0.25, 0.3) is 5.91 Å². The van der Waals surface area contributed by atoms with E-state index in [-0.39, 0.29) is 42.9 Å². The first kappa shape index (κ1) is 23.1. The molecule has 3 N–H and O–H groups in total. The van der Waals surface area contributed by atoms with E-state index in [1.54, 1.807) is 30.1 Å². The normalized spacial score (nSPS) is 14.4. The van der Waals surface area contributed by atoms with Crippen LogP contribution < -0.4 is 10.2 Å². The Hall–Kier alpha value is -3.04. The quantitative estimate of drug-likeness (QED) is 0.432. The average Bonchev–Trinajstić information content (AvgIpc) is 3.49. The molecule has 1 aliphatic rings. The van der Waals surface area contributed by atoms with Gasteiger partial charge in [-0.25, -0.2) is 4.98 Å². The summed E-state index contributed by atoms with van der Waals surface area (Å²) in [7, 11) is 1.77. The first-order valence-electron chi connectivity index (χ1n) is 11.3. The third kappa shape index (κ3) is 4.99. The van der Waals surface area contributed by atoms with Crippen LogP contribution in [-0.2, 0) is 11.3 Å². The molecular weight excluding hydrogens is 440 g/mol. The molecule has 0 saturated heterocycles. The lowest BCUT2D eigenvalue weighted by Crippen LogP contribution is -2.33. The Morgan fingerprint density at radius 3 is 2.73 bits per heavy atom. The number of aromatic amines is 1. The molecule has 8 nitrogen and oxygen atoms in total. The number of aromatic nitrogens is 1. The van der Waals surface area contributed by atoms with Crippen LogP contribution in [0.2, 0.25) is 0 Å². The maximum absolute atomic E-state index is 13.0. The molecule has 1 aliphatic carbocycles. The van der Waals surface area contributed by atoms with Crippen LogP contribution in [0.5, 0.6) is 0 Å². The molecule has 1 fully saturated rings. The van der Waals surface area contributed by atoms with E-state index in [1.165, 1.54) is 17.8 Å². The molecule has 174 valence electrons. The highest BCUT2D eigenvalue weighted by Crippen LogP contribution is 2.33. The minimum atomic E-state index is -0.434. The van der Waals surface area contributed by atoms with Gasteiger partial charge in [0.2, 0.25) is 5.91 Å². The Morgan fingerprint density at radius 1 is 1.24 bits per heavy atom. The smallest absolute Gasteiger partial charge is 0.332 e. The number of nitrogens with zero attached hydrogens (tertiary/aromatic N) is 2. The van der Waals surface area contributed by atoms with E-state index in [1.807, 2.05) is 17.5 Å². The summed E-state index contributed by atoms with van der Waals surface area (Å²) < 4.78 is 0.774. The number of nitrogens with one attached hydrogen (secondary N) is 2.